The molecule has 1 N–H and O–H groups in total. The molecule has 0 aliphatic carbocycles. The summed E-state index contributed by atoms with van der Waals surface area (Å²) in [4.78, 5) is -0.847. The Hall–Kier alpha value is -1.05. The fourth-order valence-electron chi connectivity index (χ4n) is 2.33. The Morgan fingerprint density at radius 1 is 1.37 bits per heavy atom. The molecule has 7 heteroatoms. The molecule has 1 aromatic carbocycles. The molecule has 0 bridgehead atoms. The third-order valence-electron chi connectivity index (χ3n) is 3.26. The first-order valence-electron chi connectivity index (χ1n) is 6.05. The van der Waals surface area contributed by atoms with Crippen LogP contribution in [0.5, 0.6) is 0 Å². The highest BCUT2D eigenvalue weighted by Crippen LogP contribution is 2.27. The average molecular weight is 290 g/mol. The molecule has 0 spiro atoms. The lowest BCUT2D eigenvalue weighted by atomic mass is 10.1. The van der Waals surface area contributed by atoms with Gasteiger partial charge in [0, 0.05) is 13.1 Å². The molecule has 1 atom stereocenters. The number of nitrogens with zero attached hydrogens (tertiary/aromatic N) is 1. The minimum Gasteiger partial charge on any atom is -0.319 e. The Kier molecular flexibility index (Phi) is 4.17. The zero-order valence-corrected chi connectivity index (χ0v) is 11.4. The van der Waals surface area contributed by atoms with Crippen molar-refractivity contribution in [3.05, 3.63) is 29.8 Å². The van der Waals surface area contributed by atoms with Crippen molar-refractivity contribution in [2.45, 2.75) is 11.3 Å². The summed E-state index contributed by atoms with van der Waals surface area (Å²) in [5.74, 6) is -1.91. The fraction of sp³-hybridized carbons (Fsp3) is 0.500. The zero-order valence-electron chi connectivity index (χ0n) is 10.6. The topological polar surface area (TPSA) is 49.4 Å². The van der Waals surface area contributed by atoms with E-state index in [9.17, 15) is 17.2 Å². The van der Waals surface area contributed by atoms with E-state index in [4.69, 9.17) is 0 Å². The number of rotatable bonds is 4. The number of nitrogens with one attached hydrogen (secondary N) is 1. The van der Waals surface area contributed by atoms with Gasteiger partial charge in [-0.3, -0.25) is 0 Å². The van der Waals surface area contributed by atoms with E-state index in [0.717, 1.165) is 22.5 Å². The Labute approximate surface area is 111 Å². The van der Waals surface area contributed by atoms with Crippen LogP contribution in [0.25, 0.3) is 0 Å². The Balaban J connectivity index is 2.29. The molecule has 1 aliphatic heterocycles. The first-order chi connectivity index (χ1) is 8.96. The molecule has 1 aliphatic rings. The minimum absolute atomic E-state index is 0.176. The summed E-state index contributed by atoms with van der Waals surface area (Å²) in [6.45, 7) is 1.27. The summed E-state index contributed by atoms with van der Waals surface area (Å²) in [6, 6.07) is 3.06. The van der Waals surface area contributed by atoms with Crippen molar-refractivity contribution in [2.75, 3.05) is 26.7 Å². The number of benzene rings is 1. The molecule has 0 saturated carbocycles. The summed E-state index contributed by atoms with van der Waals surface area (Å²) < 4.78 is 52.8. The van der Waals surface area contributed by atoms with E-state index < -0.39 is 26.6 Å². The number of hydrogen-bond donors (Lipinski definition) is 1. The van der Waals surface area contributed by atoms with Crippen molar-refractivity contribution in [3.63, 3.8) is 0 Å². The van der Waals surface area contributed by atoms with E-state index in [1.165, 1.54) is 0 Å². The van der Waals surface area contributed by atoms with Crippen LogP contribution < -0.4 is 5.32 Å². The summed E-state index contributed by atoms with van der Waals surface area (Å²) in [5, 5.41) is 2.97. The first kappa shape index (κ1) is 14.4. The van der Waals surface area contributed by atoms with Crippen molar-refractivity contribution in [1.29, 1.82) is 0 Å². The second-order valence-electron chi connectivity index (χ2n) is 4.63. The fourth-order valence-corrected chi connectivity index (χ4v) is 3.97. The SMILES string of the molecule is CNC[C@H]1CCN(S(=O)(=O)c2c(F)cccc2F)C1. The van der Waals surface area contributed by atoms with Crippen LogP contribution in [0.2, 0.25) is 0 Å². The second-order valence-corrected chi connectivity index (χ2v) is 6.50. The Bertz CT molecular complexity index is 543. The van der Waals surface area contributed by atoms with Crippen molar-refractivity contribution < 1.29 is 17.2 Å². The van der Waals surface area contributed by atoms with E-state index in [-0.39, 0.29) is 12.5 Å². The minimum atomic E-state index is -4.10. The van der Waals surface area contributed by atoms with E-state index in [0.29, 0.717) is 19.5 Å². The van der Waals surface area contributed by atoms with E-state index >= 15 is 0 Å². The maximum Gasteiger partial charge on any atom is 0.248 e. The lowest BCUT2D eigenvalue weighted by Gasteiger charge is -2.17. The number of hydrogen-bond acceptors (Lipinski definition) is 3. The van der Waals surface area contributed by atoms with Gasteiger partial charge in [-0.05, 0) is 38.1 Å². The van der Waals surface area contributed by atoms with E-state index in [1.54, 1.807) is 7.05 Å². The summed E-state index contributed by atoms with van der Waals surface area (Å²) in [6.07, 6.45) is 0.691. The van der Waals surface area contributed by atoms with Gasteiger partial charge in [-0.15, -0.1) is 0 Å². The maximum absolute atomic E-state index is 13.6. The van der Waals surface area contributed by atoms with Crippen LogP contribution in [-0.4, -0.2) is 39.4 Å². The molecule has 0 aromatic heterocycles. The molecule has 106 valence electrons. The number of sulfonamides is 1. The van der Waals surface area contributed by atoms with Crippen molar-refractivity contribution in [2.24, 2.45) is 5.92 Å². The highest BCUT2D eigenvalue weighted by Gasteiger charge is 2.35. The standard InChI is InChI=1S/C12H16F2N2O2S/c1-15-7-9-5-6-16(8-9)19(17,18)12-10(13)3-2-4-11(12)14/h2-4,9,15H,5-8H2,1H3/t9-/m1/s1. The van der Waals surface area contributed by atoms with Crippen LogP contribution in [0.3, 0.4) is 0 Å². The van der Waals surface area contributed by atoms with Crippen LogP contribution in [0, 0.1) is 17.6 Å². The smallest absolute Gasteiger partial charge is 0.248 e. The van der Waals surface area contributed by atoms with E-state index in [1.807, 2.05) is 0 Å². The van der Waals surface area contributed by atoms with Crippen LogP contribution in [0.1, 0.15) is 6.42 Å². The molecule has 0 radical (unpaired) electrons. The third kappa shape index (κ3) is 2.77. The molecular formula is C12H16F2N2O2S. The normalized spacial score (nSPS) is 20.9. The molecule has 1 saturated heterocycles. The maximum atomic E-state index is 13.6. The van der Waals surface area contributed by atoms with Crippen LogP contribution in [0.15, 0.2) is 23.1 Å². The summed E-state index contributed by atoms with van der Waals surface area (Å²) >= 11 is 0. The summed E-state index contributed by atoms with van der Waals surface area (Å²) in [5.41, 5.74) is 0. The highest BCUT2D eigenvalue weighted by molar-refractivity contribution is 7.89. The van der Waals surface area contributed by atoms with Gasteiger partial charge in [-0.2, -0.15) is 4.31 Å². The number of halogens is 2. The first-order valence-corrected chi connectivity index (χ1v) is 7.49. The van der Waals surface area contributed by atoms with Crippen LogP contribution >= 0.6 is 0 Å². The van der Waals surface area contributed by atoms with Crippen LogP contribution in [0.4, 0.5) is 8.78 Å². The van der Waals surface area contributed by atoms with Gasteiger partial charge in [0.25, 0.3) is 0 Å². The molecule has 4 nitrogen and oxygen atoms in total. The lowest BCUT2D eigenvalue weighted by molar-refractivity contribution is 0.438. The predicted octanol–water partition coefficient (Wildman–Crippen LogP) is 1.19. The van der Waals surface area contributed by atoms with Gasteiger partial charge in [0.2, 0.25) is 10.0 Å². The molecule has 2 rings (SSSR count). The predicted molar refractivity (Wildman–Crippen MR) is 67.2 cm³/mol. The van der Waals surface area contributed by atoms with E-state index in [2.05, 4.69) is 5.32 Å². The molecule has 19 heavy (non-hydrogen) atoms. The quantitative estimate of drug-likeness (QED) is 0.906. The van der Waals surface area contributed by atoms with Gasteiger partial charge in [0.15, 0.2) is 4.90 Å². The summed E-state index contributed by atoms with van der Waals surface area (Å²) in [7, 11) is -2.31. The van der Waals surface area contributed by atoms with Crippen molar-refractivity contribution in [3.8, 4) is 0 Å². The third-order valence-corrected chi connectivity index (χ3v) is 5.18. The second kappa shape index (κ2) is 5.52. The van der Waals surface area contributed by atoms with Crippen molar-refractivity contribution in [1.82, 2.24) is 9.62 Å². The largest absolute Gasteiger partial charge is 0.319 e. The van der Waals surface area contributed by atoms with Gasteiger partial charge >= 0.3 is 0 Å². The zero-order chi connectivity index (χ0) is 14.0. The van der Waals surface area contributed by atoms with Crippen molar-refractivity contribution >= 4 is 10.0 Å². The molecule has 1 fully saturated rings. The lowest BCUT2D eigenvalue weighted by Crippen LogP contribution is -2.31. The molecule has 0 unspecified atom stereocenters. The highest BCUT2D eigenvalue weighted by atomic mass is 32.2. The van der Waals surface area contributed by atoms with Gasteiger partial charge in [-0.25, -0.2) is 17.2 Å². The molecule has 0 amide bonds. The van der Waals surface area contributed by atoms with Gasteiger partial charge in [0.05, 0.1) is 0 Å². The molecule has 1 aromatic rings. The molecule has 1 heterocycles. The Morgan fingerprint density at radius 3 is 2.58 bits per heavy atom. The van der Waals surface area contributed by atoms with Gasteiger partial charge < -0.3 is 5.32 Å². The monoisotopic (exact) mass is 290 g/mol. The molecular weight excluding hydrogens is 274 g/mol. The van der Waals surface area contributed by atoms with Gasteiger partial charge in [-0.1, -0.05) is 6.07 Å². The van der Waals surface area contributed by atoms with Gasteiger partial charge in [0.1, 0.15) is 11.6 Å². The Morgan fingerprint density at radius 2 is 2.00 bits per heavy atom. The average Bonchev–Trinajstić information content (AvgIpc) is 2.78. The van der Waals surface area contributed by atoms with Crippen LogP contribution in [-0.2, 0) is 10.0 Å².